The number of nitrogens with one attached hydrogen (secondary N) is 2. The normalized spacial score (nSPS) is 19.2. The Kier molecular flexibility index (Phi) is 6.92. The molecule has 40 heavy (non-hydrogen) atoms. The lowest BCUT2D eigenvalue weighted by Gasteiger charge is -2.50. The smallest absolute Gasteiger partial charge is 0.264 e. The summed E-state index contributed by atoms with van der Waals surface area (Å²) in [6.45, 7) is 6.90. The fraction of sp³-hybridized carbons (Fsp3) is 0.556. The first-order valence-corrected chi connectivity index (χ1v) is 14.0. The summed E-state index contributed by atoms with van der Waals surface area (Å²) in [6.07, 6.45) is 2.60. The SMILES string of the molecule is CC(C)(O)C1CCN(C2CN(c3cc(C(F)F)cc(Nc4nc(NC5CC5)c5ncc(C#N)n5n4)c3Cl)C2)CC1. The molecule has 3 aromatic rings. The molecule has 2 aromatic heterocycles. The Morgan fingerprint density at radius 3 is 2.52 bits per heavy atom. The zero-order chi connectivity index (χ0) is 28.2. The maximum atomic E-state index is 14.0. The van der Waals surface area contributed by atoms with Gasteiger partial charge in [0.1, 0.15) is 6.07 Å². The Balaban J connectivity index is 1.23. The fourth-order valence-corrected chi connectivity index (χ4v) is 5.86. The Morgan fingerprint density at radius 1 is 1.18 bits per heavy atom. The van der Waals surface area contributed by atoms with Gasteiger partial charge >= 0.3 is 0 Å². The van der Waals surface area contributed by atoms with Gasteiger partial charge in [-0.15, -0.1) is 5.10 Å². The van der Waals surface area contributed by atoms with Gasteiger partial charge in [-0.05, 0) is 70.7 Å². The van der Waals surface area contributed by atoms with Crippen molar-refractivity contribution < 1.29 is 13.9 Å². The van der Waals surface area contributed by atoms with Crippen LogP contribution in [0.15, 0.2) is 18.3 Å². The number of fused-ring (bicyclic) bond motifs is 1. The molecular weight excluding hydrogens is 540 g/mol. The van der Waals surface area contributed by atoms with E-state index >= 15 is 0 Å². The molecule has 1 aliphatic carbocycles. The molecule has 0 atom stereocenters. The van der Waals surface area contributed by atoms with E-state index in [0.717, 1.165) is 38.8 Å². The summed E-state index contributed by atoms with van der Waals surface area (Å²) < 4.78 is 29.3. The van der Waals surface area contributed by atoms with Crippen LogP contribution in [0.3, 0.4) is 0 Å². The predicted octanol–water partition coefficient (Wildman–Crippen LogP) is 4.58. The Bertz CT molecular complexity index is 1450. The molecule has 3 N–H and O–H groups in total. The number of alkyl halides is 2. The molecule has 2 aliphatic heterocycles. The summed E-state index contributed by atoms with van der Waals surface area (Å²) in [7, 11) is 0. The van der Waals surface area contributed by atoms with Crippen LogP contribution in [-0.4, -0.2) is 73.5 Å². The molecule has 0 amide bonds. The molecule has 3 aliphatic rings. The van der Waals surface area contributed by atoms with Gasteiger partial charge in [0, 0.05) is 30.7 Å². The van der Waals surface area contributed by atoms with Crippen molar-refractivity contribution in [1.82, 2.24) is 24.5 Å². The van der Waals surface area contributed by atoms with Crippen LogP contribution in [-0.2, 0) is 0 Å². The largest absolute Gasteiger partial charge is 0.390 e. The Labute approximate surface area is 235 Å². The number of nitrogens with zero attached hydrogens (tertiary/aromatic N) is 7. The van der Waals surface area contributed by atoms with Crippen molar-refractivity contribution in [3.05, 3.63) is 34.6 Å². The molecule has 13 heteroatoms. The molecule has 1 aromatic carbocycles. The number of hydrogen-bond acceptors (Lipinski definition) is 9. The molecule has 3 fully saturated rings. The van der Waals surface area contributed by atoms with Gasteiger partial charge in [0.15, 0.2) is 17.2 Å². The first-order chi connectivity index (χ1) is 19.1. The fourth-order valence-electron chi connectivity index (χ4n) is 5.58. The van der Waals surface area contributed by atoms with Crippen LogP contribution in [0, 0.1) is 17.2 Å². The molecule has 1 saturated carbocycles. The van der Waals surface area contributed by atoms with Crippen LogP contribution in [0.1, 0.15) is 57.2 Å². The van der Waals surface area contributed by atoms with Crippen molar-refractivity contribution in [3.63, 3.8) is 0 Å². The Hall–Kier alpha value is -3.27. The third-order valence-corrected chi connectivity index (χ3v) is 8.61. The number of likely N-dealkylation sites (tertiary alicyclic amines) is 1. The Morgan fingerprint density at radius 2 is 1.90 bits per heavy atom. The zero-order valence-corrected chi connectivity index (χ0v) is 23.2. The number of anilines is 4. The topological polar surface area (TPSA) is 118 Å². The van der Waals surface area contributed by atoms with Gasteiger partial charge in [-0.1, -0.05) is 11.6 Å². The standard InChI is InChI=1S/C27H32ClF2N9O/c1-27(2,40)16-5-7-37(8-6-16)19-13-38(14-19)21-10-15(23(29)30)9-20(22(21)28)34-26-35-24(33-17-3-4-17)25-32-12-18(11-31)39(25)36-26/h9-10,12,16-17,19,23,40H,3-8,13-14H2,1-2H3,(H2,33,34,35,36). The van der Waals surface area contributed by atoms with E-state index in [2.05, 4.69) is 36.7 Å². The first kappa shape index (κ1) is 26.9. The second kappa shape index (κ2) is 10.3. The van der Waals surface area contributed by atoms with Gasteiger partial charge in [-0.2, -0.15) is 14.8 Å². The van der Waals surface area contributed by atoms with Crippen molar-refractivity contribution in [2.45, 2.75) is 63.6 Å². The number of hydrogen-bond donors (Lipinski definition) is 3. The third kappa shape index (κ3) is 5.25. The average molecular weight is 572 g/mol. The minimum absolute atomic E-state index is 0.112. The zero-order valence-electron chi connectivity index (χ0n) is 22.4. The van der Waals surface area contributed by atoms with E-state index < -0.39 is 12.0 Å². The molecule has 0 spiro atoms. The molecule has 0 radical (unpaired) electrons. The molecule has 0 bridgehead atoms. The van der Waals surface area contributed by atoms with E-state index in [9.17, 15) is 19.1 Å². The van der Waals surface area contributed by atoms with Crippen LogP contribution < -0.4 is 15.5 Å². The van der Waals surface area contributed by atoms with E-state index in [0.29, 0.717) is 41.3 Å². The summed E-state index contributed by atoms with van der Waals surface area (Å²) in [5.74, 6) is 0.848. The number of rotatable bonds is 8. The summed E-state index contributed by atoms with van der Waals surface area (Å²) >= 11 is 6.80. The molecule has 4 heterocycles. The molecule has 212 valence electrons. The van der Waals surface area contributed by atoms with E-state index in [1.165, 1.54) is 22.8 Å². The minimum Gasteiger partial charge on any atom is -0.390 e. The summed E-state index contributed by atoms with van der Waals surface area (Å²) in [5.41, 5.74) is 0.600. The van der Waals surface area contributed by atoms with E-state index in [1.807, 2.05) is 18.7 Å². The molecule has 10 nitrogen and oxygen atoms in total. The van der Waals surface area contributed by atoms with E-state index in [4.69, 9.17) is 11.6 Å². The highest BCUT2D eigenvalue weighted by Crippen LogP contribution is 2.41. The van der Waals surface area contributed by atoms with Crippen LogP contribution in [0.2, 0.25) is 5.02 Å². The van der Waals surface area contributed by atoms with Crippen molar-refractivity contribution in [3.8, 4) is 6.07 Å². The van der Waals surface area contributed by atoms with Gasteiger partial charge in [0.2, 0.25) is 5.95 Å². The van der Waals surface area contributed by atoms with Crippen molar-refractivity contribution in [2.75, 3.05) is 41.7 Å². The van der Waals surface area contributed by atoms with Crippen molar-refractivity contribution >= 4 is 40.4 Å². The van der Waals surface area contributed by atoms with Gasteiger partial charge in [-0.25, -0.2) is 13.8 Å². The minimum atomic E-state index is -2.69. The summed E-state index contributed by atoms with van der Waals surface area (Å²) in [4.78, 5) is 13.2. The van der Waals surface area contributed by atoms with Gasteiger partial charge < -0.3 is 20.6 Å². The van der Waals surface area contributed by atoms with Gasteiger partial charge in [-0.3, -0.25) is 4.90 Å². The molecule has 6 rings (SSSR count). The monoisotopic (exact) mass is 571 g/mol. The van der Waals surface area contributed by atoms with Crippen molar-refractivity contribution in [2.24, 2.45) is 5.92 Å². The second-order valence-corrected chi connectivity index (χ2v) is 11.9. The quantitative estimate of drug-likeness (QED) is 0.357. The van der Waals surface area contributed by atoms with Crippen LogP contribution in [0.5, 0.6) is 0 Å². The molecule has 2 saturated heterocycles. The maximum Gasteiger partial charge on any atom is 0.264 e. The number of nitriles is 1. The van der Waals surface area contributed by atoms with E-state index in [-0.39, 0.29) is 34.9 Å². The van der Waals surface area contributed by atoms with Crippen LogP contribution in [0.25, 0.3) is 5.65 Å². The lowest BCUT2D eigenvalue weighted by atomic mass is 9.82. The maximum absolute atomic E-state index is 14.0. The number of aromatic nitrogens is 4. The summed E-state index contributed by atoms with van der Waals surface area (Å²) in [6, 6.07) is 5.39. The van der Waals surface area contributed by atoms with Gasteiger partial charge in [0.25, 0.3) is 6.43 Å². The first-order valence-electron chi connectivity index (χ1n) is 13.6. The highest BCUT2D eigenvalue weighted by Gasteiger charge is 2.38. The highest BCUT2D eigenvalue weighted by molar-refractivity contribution is 6.36. The summed E-state index contributed by atoms with van der Waals surface area (Å²) in [5, 5.41) is 30.9. The number of piperidine rings is 1. The second-order valence-electron chi connectivity index (χ2n) is 11.5. The van der Waals surface area contributed by atoms with Crippen LogP contribution >= 0.6 is 11.6 Å². The van der Waals surface area contributed by atoms with Crippen molar-refractivity contribution in [1.29, 1.82) is 5.26 Å². The number of benzene rings is 1. The number of imidazole rings is 1. The lowest BCUT2D eigenvalue weighted by molar-refractivity contribution is -0.0207. The predicted molar refractivity (Wildman–Crippen MR) is 148 cm³/mol. The number of aliphatic hydroxyl groups is 1. The molecular formula is C27H32ClF2N9O. The van der Waals surface area contributed by atoms with Gasteiger partial charge in [0.05, 0.1) is 28.2 Å². The molecule has 0 unspecified atom stereocenters. The van der Waals surface area contributed by atoms with E-state index in [1.54, 1.807) is 0 Å². The third-order valence-electron chi connectivity index (χ3n) is 8.22. The average Bonchev–Trinajstić information content (AvgIpc) is 3.60. The lowest BCUT2D eigenvalue weighted by Crippen LogP contribution is -2.61. The highest BCUT2D eigenvalue weighted by atomic mass is 35.5. The number of halogens is 3. The van der Waals surface area contributed by atoms with Crippen LogP contribution in [0.4, 0.5) is 31.9 Å².